The number of carbonyl (C=O) groups excluding carboxylic acids is 2. The largest absolute Gasteiger partial charge is 0.453 e. The van der Waals surface area contributed by atoms with Crippen LogP contribution in [0.3, 0.4) is 0 Å². The van der Waals surface area contributed by atoms with Crippen LogP contribution >= 0.6 is 0 Å². The average molecular weight is 277 g/mol. The van der Waals surface area contributed by atoms with Crippen molar-refractivity contribution in [2.75, 3.05) is 18.6 Å². The monoisotopic (exact) mass is 277 g/mol. The van der Waals surface area contributed by atoms with Gasteiger partial charge in [-0.2, -0.15) is 0 Å². The highest BCUT2D eigenvalue weighted by molar-refractivity contribution is 6.01. The third kappa shape index (κ3) is 2.82. The van der Waals surface area contributed by atoms with Crippen LogP contribution in [-0.2, 0) is 9.53 Å². The molecule has 1 heterocycles. The Morgan fingerprint density at radius 3 is 2.85 bits per heavy atom. The number of Topliss-reactive ketones (excluding diaryl/α,β-unsaturated/α-hetero) is 1. The molecule has 1 aliphatic rings. The molecule has 1 aliphatic heterocycles. The fourth-order valence-electron chi connectivity index (χ4n) is 1.98. The molecule has 1 aromatic rings. The van der Waals surface area contributed by atoms with Gasteiger partial charge in [0.05, 0.1) is 12.3 Å². The molecule has 0 saturated heterocycles. The van der Waals surface area contributed by atoms with Crippen molar-refractivity contribution in [2.24, 2.45) is 0 Å². The number of fused-ring (bicyclic) bond motifs is 1. The van der Waals surface area contributed by atoms with E-state index in [4.69, 9.17) is 9.47 Å². The summed E-state index contributed by atoms with van der Waals surface area (Å²) in [6.07, 6.45) is 0.977. The standard InChI is InChI=1S/C15H19NO4/c1-4-5-8-19-15-14(18)16(3)12-9-11(10(2)17)6-7-13(12)20-15/h6-7,9,15H,4-5,8H2,1-3H3. The van der Waals surface area contributed by atoms with Gasteiger partial charge >= 0.3 is 0 Å². The SMILES string of the molecule is CCCCOC1Oc2ccc(C(C)=O)cc2N(C)C1=O. The first-order valence-corrected chi connectivity index (χ1v) is 6.75. The molecular formula is C15H19NO4. The molecule has 0 radical (unpaired) electrons. The Kier molecular flexibility index (Phi) is 4.39. The second kappa shape index (κ2) is 6.05. The van der Waals surface area contributed by atoms with Gasteiger partial charge in [-0.05, 0) is 31.5 Å². The Morgan fingerprint density at radius 2 is 2.20 bits per heavy atom. The van der Waals surface area contributed by atoms with E-state index in [1.54, 1.807) is 25.2 Å². The van der Waals surface area contributed by atoms with Gasteiger partial charge in [0.1, 0.15) is 5.75 Å². The molecule has 0 bridgehead atoms. The summed E-state index contributed by atoms with van der Waals surface area (Å²) in [6, 6.07) is 5.05. The number of ether oxygens (including phenoxy) is 2. The highest BCUT2D eigenvalue weighted by atomic mass is 16.7. The number of nitrogens with zero attached hydrogens (tertiary/aromatic N) is 1. The molecule has 20 heavy (non-hydrogen) atoms. The molecule has 0 aromatic heterocycles. The number of likely N-dealkylation sites (N-methyl/N-ethyl adjacent to an activating group) is 1. The Balaban J connectivity index is 2.21. The van der Waals surface area contributed by atoms with Crippen LogP contribution in [0.25, 0.3) is 0 Å². The summed E-state index contributed by atoms with van der Waals surface area (Å²) in [5, 5.41) is 0. The molecule has 0 saturated carbocycles. The first-order valence-electron chi connectivity index (χ1n) is 6.75. The summed E-state index contributed by atoms with van der Waals surface area (Å²) in [7, 11) is 1.66. The normalized spacial score (nSPS) is 17.6. The van der Waals surface area contributed by atoms with Crippen LogP contribution in [0.4, 0.5) is 5.69 Å². The van der Waals surface area contributed by atoms with Gasteiger partial charge in [0, 0.05) is 12.6 Å². The lowest BCUT2D eigenvalue weighted by molar-refractivity contribution is -0.151. The van der Waals surface area contributed by atoms with Gasteiger partial charge in [-0.3, -0.25) is 9.59 Å². The molecule has 0 spiro atoms. The Bertz CT molecular complexity index is 527. The Hall–Kier alpha value is -1.88. The van der Waals surface area contributed by atoms with Gasteiger partial charge < -0.3 is 14.4 Å². The minimum absolute atomic E-state index is 0.0463. The maximum Gasteiger partial charge on any atom is 0.296 e. The lowest BCUT2D eigenvalue weighted by Gasteiger charge is -2.31. The summed E-state index contributed by atoms with van der Waals surface area (Å²) < 4.78 is 11.0. The molecule has 5 nitrogen and oxygen atoms in total. The van der Waals surface area contributed by atoms with Crippen molar-refractivity contribution in [1.82, 2.24) is 0 Å². The van der Waals surface area contributed by atoms with Crippen molar-refractivity contribution in [2.45, 2.75) is 33.0 Å². The maximum atomic E-state index is 12.2. The smallest absolute Gasteiger partial charge is 0.296 e. The minimum Gasteiger partial charge on any atom is -0.453 e. The van der Waals surface area contributed by atoms with E-state index in [1.165, 1.54) is 11.8 Å². The molecule has 0 aliphatic carbocycles. The van der Waals surface area contributed by atoms with Crippen LogP contribution in [0.15, 0.2) is 18.2 Å². The second-order valence-corrected chi connectivity index (χ2v) is 4.81. The highest BCUT2D eigenvalue weighted by Gasteiger charge is 2.33. The van der Waals surface area contributed by atoms with Gasteiger partial charge in [-0.25, -0.2) is 0 Å². The van der Waals surface area contributed by atoms with E-state index in [0.29, 0.717) is 23.6 Å². The molecule has 108 valence electrons. The minimum atomic E-state index is -0.901. The van der Waals surface area contributed by atoms with Crippen LogP contribution < -0.4 is 9.64 Å². The number of anilines is 1. The number of amides is 1. The number of hydrogen-bond donors (Lipinski definition) is 0. The van der Waals surface area contributed by atoms with E-state index in [0.717, 1.165) is 12.8 Å². The van der Waals surface area contributed by atoms with E-state index in [9.17, 15) is 9.59 Å². The van der Waals surface area contributed by atoms with Crippen LogP contribution in [0.1, 0.15) is 37.0 Å². The summed E-state index contributed by atoms with van der Waals surface area (Å²) in [6.45, 7) is 4.03. The van der Waals surface area contributed by atoms with Gasteiger partial charge in [-0.1, -0.05) is 13.3 Å². The van der Waals surface area contributed by atoms with Gasteiger partial charge in [0.25, 0.3) is 12.2 Å². The molecule has 1 atom stereocenters. The highest BCUT2D eigenvalue weighted by Crippen LogP contribution is 2.34. The number of rotatable bonds is 5. The number of hydrogen-bond acceptors (Lipinski definition) is 4. The lowest BCUT2D eigenvalue weighted by Crippen LogP contribution is -2.45. The van der Waals surface area contributed by atoms with E-state index >= 15 is 0 Å². The molecule has 0 fully saturated rings. The third-order valence-electron chi connectivity index (χ3n) is 3.26. The quantitative estimate of drug-likeness (QED) is 0.612. The van der Waals surface area contributed by atoms with Gasteiger partial charge in [-0.15, -0.1) is 0 Å². The Labute approximate surface area is 118 Å². The first kappa shape index (κ1) is 14.5. The van der Waals surface area contributed by atoms with Crippen molar-refractivity contribution in [3.63, 3.8) is 0 Å². The van der Waals surface area contributed by atoms with Crippen molar-refractivity contribution < 1.29 is 19.1 Å². The lowest BCUT2D eigenvalue weighted by atomic mass is 10.1. The van der Waals surface area contributed by atoms with Gasteiger partial charge in [0.15, 0.2) is 5.78 Å². The van der Waals surface area contributed by atoms with E-state index in [1.807, 2.05) is 0 Å². The van der Waals surface area contributed by atoms with Crippen LogP contribution in [0.5, 0.6) is 5.75 Å². The molecule has 2 rings (SSSR count). The number of benzene rings is 1. The summed E-state index contributed by atoms with van der Waals surface area (Å²) in [5.41, 5.74) is 1.15. The zero-order chi connectivity index (χ0) is 14.7. The molecule has 1 unspecified atom stereocenters. The van der Waals surface area contributed by atoms with E-state index < -0.39 is 6.29 Å². The number of unbranched alkanes of at least 4 members (excludes halogenated alkanes) is 1. The second-order valence-electron chi connectivity index (χ2n) is 4.81. The van der Waals surface area contributed by atoms with Crippen LogP contribution in [0, 0.1) is 0 Å². The third-order valence-corrected chi connectivity index (χ3v) is 3.26. The van der Waals surface area contributed by atoms with E-state index in [-0.39, 0.29) is 11.7 Å². The zero-order valence-electron chi connectivity index (χ0n) is 12.0. The molecule has 1 amide bonds. The fraction of sp³-hybridized carbons (Fsp3) is 0.467. The van der Waals surface area contributed by atoms with E-state index in [2.05, 4.69) is 6.92 Å². The van der Waals surface area contributed by atoms with Crippen LogP contribution in [0.2, 0.25) is 0 Å². The molecular weight excluding hydrogens is 258 g/mol. The van der Waals surface area contributed by atoms with Crippen molar-refractivity contribution in [1.29, 1.82) is 0 Å². The maximum absolute atomic E-state index is 12.2. The molecule has 0 N–H and O–H groups in total. The van der Waals surface area contributed by atoms with Crippen LogP contribution in [-0.4, -0.2) is 31.6 Å². The Morgan fingerprint density at radius 1 is 1.45 bits per heavy atom. The molecule has 1 aromatic carbocycles. The van der Waals surface area contributed by atoms with Gasteiger partial charge in [0.2, 0.25) is 0 Å². The topological polar surface area (TPSA) is 55.8 Å². The van der Waals surface area contributed by atoms with Crippen molar-refractivity contribution >= 4 is 17.4 Å². The number of carbonyl (C=O) groups is 2. The predicted octanol–water partition coefficient (Wildman–Crippen LogP) is 2.39. The first-order chi connectivity index (χ1) is 9.54. The molecule has 5 heteroatoms. The predicted molar refractivity (Wildman–Crippen MR) is 75.1 cm³/mol. The summed E-state index contributed by atoms with van der Waals surface area (Å²) in [4.78, 5) is 25.0. The number of ketones is 1. The fourth-order valence-corrected chi connectivity index (χ4v) is 1.98. The summed E-state index contributed by atoms with van der Waals surface area (Å²) >= 11 is 0. The summed E-state index contributed by atoms with van der Waals surface area (Å²) in [5.74, 6) is 0.253. The zero-order valence-corrected chi connectivity index (χ0v) is 12.0. The van der Waals surface area contributed by atoms with Crippen molar-refractivity contribution in [3.05, 3.63) is 23.8 Å². The average Bonchev–Trinajstić information content (AvgIpc) is 2.44. The van der Waals surface area contributed by atoms with Crippen molar-refractivity contribution in [3.8, 4) is 5.75 Å².